The van der Waals surface area contributed by atoms with Gasteiger partial charge in [-0.2, -0.15) is 0 Å². The second kappa shape index (κ2) is 5.56. The minimum atomic E-state index is -0.268. The number of carbonyl (C=O) groups is 2. The summed E-state index contributed by atoms with van der Waals surface area (Å²) >= 11 is 0. The number of fused-ring (bicyclic) bond motifs is 4. The number of allylic oxidation sites excluding steroid dienone is 2. The monoisotopic (exact) mass is 302 g/mol. The highest BCUT2D eigenvalue weighted by Gasteiger charge is 2.39. The Balaban J connectivity index is 1.18. The molecule has 0 aromatic heterocycles. The second-order valence-electron chi connectivity index (χ2n) is 7.12. The number of carbonyl (C=O) groups excluding carboxylic acids is 2. The van der Waals surface area contributed by atoms with Gasteiger partial charge in [0.25, 0.3) is 0 Å². The van der Waals surface area contributed by atoms with E-state index in [-0.39, 0.29) is 37.0 Å². The summed E-state index contributed by atoms with van der Waals surface area (Å²) in [6.07, 6.45) is 13.2. The highest BCUT2D eigenvalue weighted by molar-refractivity contribution is 5.78. The Morgan fingerprint density at radius 3 is 1.50 bits per heavy atom. The summed E-state index contributed by atoms with van der Waals surface area (Å²) in [6.45, 7) is 0. The van der Waals surface area contributed by atoms with Crippen molar-refractivity contribution in [2.45, 2.75) is 50.7 Å². The van der Waals surface area contributed by atoms with Crippen LogP contribution in [0.3, 0.4) is 0 Å². The maximum atomic E-state index is 11.9. The molecule has 0 heterocycles. The molecule has 6 unspecified atom stereocenters. The van der Waals surface area contributed by atoms with Crippen LogP contribution in [-0.4, -0.2) is 24.1 Å². The highest BCUT2D eigenvalue weighted by atomic mass is 16.6. The molecular weight excluding hydrogens is 280 g/mol. The molecule has 0 N–H and O–H groups in total. The largest absolute Gasteiger partial charge is 0.462 e. The molecule has 0 aliphatic heterocycles. The van der Waals surface area contributed by atoms with Crippen LogP contribution in [0.15, 0.2) is 24.3 Å². The Morgan fingerprint density at radius 2 is 1.18 bits per heavy atom. The second-order valence-corrected chi connectivity index (χ2v) is 7.12. The molecule has 4 aliphatic carbocycles. The van der Waals surface area contributed by atoms with Gasteiger partial charge in [-0.05, 0) is 37.5 Å². The number of rotatable bonds is 5. The number of hydrogen-bond donors (Lipinski definition) is 0. The van der Waals surface area contributed by atoms with Crippen LogP contribution >= 0.6 is 0 Å². The molecule has 118 valence electrons. The molecule has 0 spiro atoms. The van der Waals surface area contributed by atoms with Crippen molar-refractivity contribution >= 4 is 11.9 Å². The van der Waals surface area contributed by atoms with Crippen molar-refractivity contribution in [1.29, 1.82) is 0 Å². The van der Waals surface area contributed by atoms with Crippen molar-refractivity contribution in [2.24, 2.45) is 23.7 Å². The zero-order valence-electron chi connectivity index (χ0n) is 12.6. The van der Waals surface area contributed by atoms with Crippen LogP contribution in [0.25, 0.3) is 0 Å². The van der Waals surface area contributed by atoms with Gasteiger partial charge in [0.1, 0.15) is 12.2 Å². The van der Waals surface area contributed by atoms with E-state index in [9.17, 15) is 9.59 Å². The minimum absolute atomic E-state index is 0.0224. The van der Waals surface area contributed by atoms with Crippen LogP contribution in [0.5, 0.6) is 0 Å². The SMILES string of the molecule is O=C(CCC(=O)OC1CC2C=CC1C2)OC1CC2C=CC1C2. The molecule has 0 aromatic rings. The van der Waals surface area contributed by atoms with Crippen LogP contribution in [-0.2, 0) is 19.1 Å². The van der Waals surface area contributed by atoms with Gasteiger partial charge < -0.3 is 9.47 Å². The van der Waals surface area contributed by atoms with E-state index in [1.54, 1.807) is 0 Å². The molecule has 4 rings (SSSR count). The lowest BCUT2D eigenvalue weighted by Crippen LogP contribution is -2.24. The van der Waals surface area contributed by atoms with E-state index in [2.05, 4.69) is 24.3 Å². The standard InChI is InChI=1S/C18H22O4/c19-17(21-15-9-11-1-3-13(15)7-11)5-6-18(20)22-16-10-12-2-4-14(16)8-12/h1-4,11-16H,5-10H2. The van der Waals surface area contributed by atoms with Gasteiger partial charge in [0.15, 0.2) is 0 Å². The van der Waals surface area contributed by atoms with Crippen LogP contribution in [0.1, 0.15) is 38.5 Å². The first-order valence-corrected chi connectivity index (χ1v) is 8.43. The molecule has 0 amide bonds. The third kappa shape index (κ3) is 2.71. The van der Waals surface area contributed by atoms with E-state index in [4.69, 9.17) is 9.47 Å². The lowest BCUT2D eigenvalue weighted by atomic mass is 10.0. The van der Waals surface area contributed by atoms with E-state index >= 15 is 0 Å². The molecule has 4 aliphatic rings. The molecule has 2 saturated carbocycles. The zero-order chi connectivity index (χ0) is 15.1. The summed E-state index contributed by atoms with van der Waals surface area (Å²) in [6, 6.07) is 0. The molecule has 6 atom stereocenters. The molecule has 4 bridgehead atoms. The molecule has 2 fully saturated rings. The third-order valence-electron chi connectivity index (χ3n) is 5.53. The van der Waals surface area contributed by atoms with Crippen molar-refractivity contribution in [1.82, 2.24) is 0 Å². The average molecular weight is 302 g/mol. The molecular formula is C18H22O4. The molecule has 4 heteroatoms. The third-order valence-corrected chi connectivity index (χ3v) is 5.53. The first-order valence-electron chi connectivity index (χ1n) is 8.43. The number of hydrogen-bond acceptors (Lipinski definition) is 4. The Labute approximate surface area is 130 Å². The van der Waals surface area contributed by atoms with E-state index in [1.807, 2.05) is 0 Å². The van der Waals surface area contributed by atoms with Crippen LogP contribution < -0.4 is 0 Å². The quantitative estimate of drug-likeness (QED) is 0.579. The fourth-order valence-electron chi connectivity index (χ4n) is 4.39. The highest BCUT2D eigenvalue weighted by Crippen LogP contribution is 2.41. The summed E-state index contributed by atoms with van der Waals surface area (Å²) in [5, 5.41) is 0. The van der Waals surface area contributed by atoms with E-state index in [0.29, 0.717) is 23.7 Å². The molecule has 22 heavy (non-hydrogen) atoms. The molecule has 0 aromatic carbocycles. The van der Waals surface area contributed by atoms with Gasteiger partial charge >= 0.3 is 11.9 Å². The van der Waals surface area contributed by atoms with Gasteiger partial charge in [0.05, 0.1) is 12.8 Å². The summed E-state index contributed by atoms with van der Waals surface area (Å²) in [7, 11) is 0. The smallest absolute Gasteiger partial charge is 0.306 e. The van der Waals surface area contributed by atoms with Gasteiger partial charge in [-0.25, -0.2) is 0 Å². The number of esters is 2. The zero-order valence-corrected chi connectivity index (χ0v) is 12.6. The first kappa shape index (κ1) is 14.0. The number of ether oxygens (including phenoxy) is 2. The maximum Gasteiger partial charge on any atom is 0.306 e. The summed E-state index contributed by atoms with van der Waals surface area (Å²) in [4.78, 5) is 23.8. The summed E-state index contributed by atoms with van der Waals surface area (Å²) in [5.74, 6) is 1.41. The molecule has 0 saturated heterocycles. The summed E-state index contributed by atoms with van der Waals surface area (Å²) in [5.41, 5.74) is 0. The van der Waals surface area contributed by atoms with Crippen molar-refractivity contribution in [2.75, 3.05) is 0 Å². The average Bonchev–Trinajstić information content (AvgIpc) is 3.25. The summed E-state index contributed by atoms with van der Waals surface area (Å²) < 4.78 is 11.0. The van der Waals surface area contributed by atoms with Gasteiger partial charge in [-0.15, -0.1) is 0 Å². The van der Waals surface area contributed by atoms with Crippen molar-refractivity contribution in [3.05, 3.63) is 24.3 Å². The van der Waals surface area contributed by atoms with Crippen LogP contribution in [0.2, 0.25) is 0 Å². The van der Waals surface area contributed by atoms with Crippen molar-refractivity contribution < 1.29 is 19.1 Å². The first-order chi connectivity index (χ1) is 10.7. The maximum absolute atomic E-state index is 11.9. The van der Waals surface area contributed by atoms with Gasteiger partial charge in [-0.3, -0.25) is 9.59 Å². The fourth-order valence-corrected chi connectivity index (χ4v) is 4.39. The van der Waals surface area contributed by atoms with Crippen LogP contribution in [0, 0.1) is 23.7 Å². The van der Waals surface area contributed by atoms with E-state index in [1.165, 1.54) is 0 Å². The lowest BCUT2D eigenvalue weighted by Gasteiger charge is -2.20. The van der Waals surface area contributed by atoms with Gasteiger partial charge in [0.2, 0.25) is 0 Å². The molecule has 0 radical (unpaired) electrons. The Bertz CT molecular complexity index is 487. The molecule has 4 nitrogen and oxygen atoms in total. The normalized spacial score (nSPS) is 40.4. The van der Waals surface area contributed by atoms with Crippen molar-refractivity contribution in [3.8, 4) is 0 Å². The Hall–Kier alpha value is -1.58. The lowest BCUT2D eigenvalue weighted by molar-refractivity contribution is -0.157. The predicted molar refractivity (Wildman–Crippen MR) is 79.7 cm³/mol. The van der Waals surface area contributed by atoms with E-state index in [0.717, 1.165) is 25.7 Å². The fraction of sp³-hybridized carbons (Fsp3) is 0.667. The van der Waals surface area contributed by atoms with Gasteiger partial charge in [0, 0.05) is 11.8 Å². The Morgan fingerprint density at radius 1 is 0.727 bits per heavy atom. The Kier molecular flexibility index (Phi) is 3.55. The predicted octanol–water partition coefficient (Wildman–Crippen LogP) is 2.78. The van der Waals surface area contributed by atoms with Crippen molar-refractivity contribution in [3.63, 3.8) is 0 Å². The van der Waals surface area contributed by atoms with Gasteiger partial charge in [-0.1, -0.05) is 24.3 Å². The minimum Gasteiger partial charge on any atom is -0.462 e. The van der Waals surface area contributed by atoms with E-state index < -0.39 is 0 Å². The topological polar surface area (TPSA) is 52.6 Å². The van der Waals surface area contributed by atoms with Crippen LogP contribution in [0.4, 0.5) is 0 Å².